The molecule has 1 unspecified atom stereocenters. The highest BCUT2D eigenvalue weighted by Crippen LogP contribution is 2.29. The summed E-state index contributed by atoms with van der Waals surface area (Å²) >= 11 is 5.84. The third kappa shape index (κ3) is 5.92. The smallest absolute Gasteiger partial charge is 0.340 e. The van der Waals surface area contributed by atoms with Gasteiger partial charge in [-0.2, -0.15) is 0 Å². The molecule has 1 aromatic heterocycles. The topological polar surface area (TPSA) is 124 Å². The first-order valence-electron chi connectivity index (χ1n) is 10.7. The minimum Gasteiger partial charge on any atom is -0.444 e. The number of rotatable bonds is 7. The maximum Gasteiger partial charge on any atom is 0.340 e. The van der Waals surface area contributed by atoms with Crippen molar-refractivity contribution in [3.63, 3.8) is 0 Å². The van der Waals surface area contributed by atoms with E-state index in [4.69, 9.17) is 21.1 Å². The first-order valence-corrected chi connectivity index (χ1v) is 11.1. The lowest BCUT2D eigenvalue weighted by atomic mass is 10.1. The minimum atomic E-state index is -1.31. The van der Waals surface area contributed by atoms with Gasteiger partial charge in [-0.3, -0.25) is 14.9 Å². The molecule has 1 atom stereocenters. The summed E-state index contributed by atoms with van der Waals surface area (Å²) < 4.78 is 10.9. The zero-order valence-electron chi connectivity index (χ0n) is 18.4. The number of nitrogens with zero attached hydrogens (tertiary/aromatic N) is 3. The van der Waals surface area contributed by atoms with Crippen LogP contribution in [-0.4, -0.2) is 48.1 Å². The van der Waals surface area contributed by atoms with E-state index in [0.29, 0.717) is 37.7 Å². The van der Waals surface area contributed by atoms with Gasteiger partial charge in [0.15, 0.2) is 0 Å². The minimum absolute atomic E-state index is 0.0629. The normalized spacial score (nSPS) is 14.1. The molecule has 1 aliphatic rings. The number of ether oxygens (including phenoxy) is 2. The Hall–Kier alpha value is -4.02. The highest BCUT2D eigenvalue weighted by molar-refractivity contribution is 6.32. The van der Waals surface area contributed by atoms with E-state index in [1.54, 1.807) is 42.5 Å². The number of morpholine rings is 1. The Balaban J connectivity index is 1.52. The third-order valence-corrected chi connectivity index (χ3v) is 5.61. The number of aromatic nitrogens is 1. The number of esters is 1. The second-order valence-corrected chi connectivity index (χ2v) is 8.02. The van der Waals surface area contributed by atoms with E-state index in [0.717, 1.165) is 6.07 Å². The molecule has 0 radical (unpaired) electrons. The first kappa shape index (κ1) is 24.1. The number of carbonyl (C=O) groups excluding carboxylic acids is 2. The van der Waals surface area contributed by atoms with Gasteiger partial charge in [0.1, 0.15) is 10.8 Å². The molecule has 2 aromatic carbocycles. The molecule has 10 nitrogen and oxygen atoms in total. The number of carbonyl (C=O) groups is 2. The Morgan fingerprint density at radius 1 is 1.11 bits per heavy atom. The Kier molecular flexibility index (Phi) is 7.54. The zero-order valence-corrected chi connectivity index (χ0v) is 19.2. The molecule has 35 heavy (non-hydrogen) atoms. The molecule has 0 saturated carbocycles. The van der Waals surface area contributed by atoms with Crippen LogP contribution in [0.2, 0.25) is 5.02 Å². The fraction of sp³-hybridized carbons (Fsp3) is 0.208. The average molecular weight is 497 g/mol. The van der Waals surface area contributed by atoms with E-state index < -0.39 is 22.9 Å². The van der Waals surface area contributed by atoms with Gasteiger partial charge in [0.2, 0.25) is 6.10 Å². The van der Waals surface area contributed by atoms with Crippen molar-refractivity contribution in [1.29, 1.82) is 0 Å². The SMILES string of the molecule is O=C(OC(C(=O)Nc1ccc(Cl)c([N+](=O)[O-])c1)c1ccccc1)c1ccc(N2CCOCC2)nc1. The van der Waals surface area contributed by atoms with Crippen molar-refractivity contribution in [2.24, 2.45) is 0 Å². The summed E-state index contributed by atoms with van der Waals surface area (Å²) in [6.07, 6.45) is 0.0904. The van der Waals surface area contributed by atoms with Gasteiger partial charge in [0.25, 0.3) is 11.6 Å². The highest BCUT2D eigenvalue weighted by Gasteiger charge is 2.27. The van der Waals surface area contributed by atoms with E-state index in [1.807, 2.05) is 4.90 Å². The Bertz CT molecular complexity index is 1220. The fourth-order valence-electron chi connectivity index (χ4n) is 3.50. The number of pyridine rings is 1. The summed E-state index contributed by atoms with van der Waals surface area (Å²) in [4.78, 5) is 42.9. The van der Waals surface area contributed by atoms with Crippen LogP contribution in [0.4, 0.5) is 17.2 Å². The Labute approximate surface area is 205 Å². The third-order valence-electron chi connectivity index (χ3n) is 5.29. The van der Waals surface area contributed by atoms with Gasteiger partial charge in [0, 0.05) is 36.6 Å². The summed E-state index contributed by atoms with van der Waals surface area (Å²) in [5.41, 5.74) is 0.390. The van der Waals surface area contributed by atoms with E-state index in [2.05, 4.69) is 10.3 Å². The van der Waals surface area contributed by atoms with E-state index >= 15 is 0 Å². The van der Waals surface area contributed by atoms with Gasteiger partial charge in [-0.1, -0.05) is 41.9 Å². The van der Waals surface area contributed by atoms with E-state index in [9.17, 15) is 19.7 Å². The summed E-state index contributed by atoms with van der Waals surface area (Å²) in [5.74, 6) is -0.706. The second-order valence-electron chi connectivity index (χ2n) is 7.61. The maximum atomic E-state index is 13.1. The molecule has 11 heteroatoms. The quantitative estimate of drug-likeness (QED) is 0.295. The molecular weight excluding hydrogens is 476 g/mol. The number of nitro benzene ring substituents is 1. The lowest BCUT2D eigenvalue weighted by Crippen LogP contribution is -2.36. The average Bonchev–Trinajstić information content (AvgIpc) is 2.89. The van der Waals surface area contributed by atoms with Gasteiger partial charge in [-0.15, -0.1) is 0 Å². The number of hydrogen-bond acceptors (Lipinski definition) is 8. The maximum absolute atomic E-state index is 13.1. The van der Waals surface area contributed by atoms with Crippen LogP contribution in [0.3, 0.4) is 0 Å². The van der Waals surface area contributed by atoms with Crippen molar-refractivity contribution in [2.45, 2.75) is 6.10 Å². The zero-order chi connectivity index (χ0) is 24.8. The van der Waals surface area contributed by atoms with Gasteiger partial charge in [0.05, 0.1) is 23.7 Å². The molecule has 1 fully saturated rings. The molecule has 1 aliphatic heterocycles. The fourth-order valence-corrected chi connectivity index (χ4v) is 3.69. The van der Waals surface area contributed by atoms with Crippen LogP contribution < -0.4 is 10.2 Å². The standard InChI is InChI=1S/C24H21ClN4O6/c25-19-8-7-18(14-20(19)29(32)33)27-23(30)22(16-4-2-1-3-5-16)35-24(31)17-6-9-21(26-15-17)28-10-12-34-13-11-28/h1-9,14-15,22H,10-13H2,(H,27,30). The van der Waals surface area contributed by atoms with E-state index in [-0.39, 0.29) is 22.0 Å². The lowest BCUT2D eigenvalue weighted by Gasteiger charge is -2.27. The predicted octanol–water partition coefficient (Wildman–Crippen LogP) is 4.02. The molecule has 1 N–H and O–H groups in total. The van der Waals surface area contributed by atoms with Crippen molar-refractivity contribution in [1.82, 2.24) is 4.98 Å². The van der Waals surface area contributed by atoms with Crippen LogP contribution in [0.25, 0.3) is 0 Å². The van der Waals surface area contributed by atoms with Gasteiger partial charge < -0.3 is 19.7 Å². The summed E-state index contributed by atoms with van der Waals surface area (Å²) in [6.45, 7) is 2.62. The number of amides is 1. The molecule has 1 saturated heterocycles. The number of nitro groups is 1. The predicted molar refractivity (Wildman–Crippen MR) is 129 cm³/mol. The van der Waals surface area contributed by atoms with Crippen molar-refractivity contribution in [3.8, 4) is 0 Å². The van der Waals surface area contributed by atoms with Crippen LogP contribution in [0.15, 0.2) is 66.9 Å². The van der Waals surface area contributed by atoms with Crippen LogP contribution in [-0.2, 0) is 14.3 Å². The van der Waals surface area contributed by atoms with Crippen LogP contribution in [0.1, 0.15) is 22.0 Å². The molecule has 0 aliphatic carbocycles. The number of anilines is 2. The van der Waals surface area contributed by atoms with Crippen molar-refractivity contribution in [2.75, 3.05) is 36.5 Å². The number of halogens is 1. The Morgan fingerprint density at radius 3 is 2.51 bits per heavy atom. The summed E-state index contributed by atoms with van der Waals surface area (Å²) in [7, 11) is 0. The molecule has 0 bridgehead atoms. The van der Waals surface area contributed by atoms with Crippen molar-refractivity contribution in [3.05, 3.63) is 93.1 Å². The number of benzene rings is 2. The first-order chi connectivity index (χ1) is 16.9. The van der Waals surface area contributed by atoms with Crippen LogP contribution in [0, 0.1) is 10.1 Å². The molecule has 2 heterocycles. The molecule has 4 rings (SSSR count). The molecule has 3 aromatic rings. The monoisotopic (exact) mass is 496 g/mol. The van der Waals surface area contributed by atoms with Gasteiger partial charge in [-0.25, -0.2) is 9.78 Å². The van der Waals surface area contributed by atoms with Crippen LogP contribution in [0.5, 0.6) is 0 Å². The van der Waals surface area contributed by atoms with Crippen molar-refractivity contribution >= 4 is 40.7 Å². The number of nitrogens with one attached hydrogen (secondary N) is 1. The molecular formula is C24H21ClN4O6. The van der Waals surface area contributed by atoms with Gasteiger partial charge >= 0.3 is 5.97 Å². The highest BCUT2D eigenvalue weighted by atomic mass is 35.5. The lowest BCUT2D eigenvalue weighted by molar-refractivity contribution is -0.384. The molecule has 1 amide bonds. The number of hydrogen-bond donors (Lipinski definition) is 1. The molecule has 180 valence electrons. The van der Waals surface area contributed by atoms with Gasteiger partial charge in [-0.05, 0) is 24.3 Å². The molecule has 0 spiro atoms. The van der Waals surface area contributed by atoms with Crippen LogP contribution >= 0.6 is 11.6 Å². The summed E-state index contributed by atoms with van der Waals surface area (Å²) in [6, 6.07) is 15.6. The summed E-state index contributed by atoms with van der Waals surface area (Å²) in [5, 5.41) is 13.7. The van der Waals surface area contributed by atoms with E-state index in [1.165, 1.54) is 18.3 Å². The van der Waals surface area contributed by atoms with Crippen molar-refractivity contribution < 1.29 is 24.0 Å². The second kappa shape index (κ2) is 10.9. The Morgan fingerprint density at radius 2 is 1.86 bits per heavy atom. The largest absolute Gasteiger partial charge is 0.444 e.